The van der Waals surface area contributed by atoms with Crippen LogP contribution in [0.2, 0.25) is 10.0 Å². The largest absolute Gasteiger partial charge is 0.333 e. The smallest absolute Gasteiger partial charge is 0.274 e. The summed E-state index contributed by atoms with van der Waals surface area (Å²) < 4.78 is 5.49. The molecule has 152 valence electrons. The van der Waals surface area contributed by atoms with Gasteiger partial charge in [0.25, 0.3) is 5.89 Å². The summed E-state index contributed by atoms with van der Waals surface area (Å²) in [5, 5.41) is 13.2. The van der Waals surface area contributed by atoms with Crippen molar-refractivity contribution in [2.75, 3.05) is 26.2 Å². The summed E-state index contributed by atoms with van der Waals surface area (Å²) in [6, 6.07) is 5.61. The number of nitrogens with zero attached hydrogens (tertiary/aromatic N) is 5. The van der Waals surface area contributed by atoms with E-state index in [1.807, 2.05) is 12.1 Å². The molecule has 29 heavy (non-hydrogen) atoms. The Kier molecular flexibility index (Phi) is 5.26. The maximum Gasteiger partial charge on any atom is 0.274 e. The zero-order chi connectivity index (χ0) is 19.8. The quantitative estimate of drug-likeness (QED) is 0.750. The summed E-state index contributed by atoms with van der Waals surface area (Å²) in [5.41, 5.74) is 4.84. The third-order valence-corrected chi connectivity index (χ3v) is 6.16. The van der Waals surface area contributed by atoms with Crippen LogP contribution in [0, 0.1) is 5.92 Å². The van der Waals surface area contributed by atoms with Gasteiger partial charge in [0.05, 0.1) is 12.6 Å². The third-order valence-electron chi connectivity index (χ3n) is 5.55. The predicted molar refractivity (Wildman–Crippen MR) is 112 cm³/mol. The first-order chi connectivity index (χ1) is 14.2. The lowest BCUT2D eigenvalue weighted by Crippen LogP contribution is -2.53. The Bertz CT molecular complexity index is 969. The van der Waals surface area contributed by atoms with Crippen LogP contribution in [0.5, 0.6) is 0 Å². The van der Waals surface area contributed by atoms with Crippen LogP contribution in [0.25, 0.3) is 0 Å². The maximum absolute atomic E-state index is 6.38. The van der Waals surface area contributed by atoms with Crippen molar-refractivity contribution in [1.82, 2.24) is 25.8 Å². The Morgan fingerprint density at radius 2 is 2.14 bits per heavy atom. The number of hydrogen-bond donors (Lipinski definition) is 2. The molecule has 1 aromatic heterocycles. The van der Waals surface area contributed by atoms with Crippen LogP contribution in [0.15, 0.2) is 32.8 Å². The van der Waals surface area contributed by atoms with Gasteiger partial charge in [-0.3, -0.25) is 15.3 Å². The van der Waals surface area contributed by atoms with E-state index < -0.39 is 0 Å². The van der Waals surface area contributed by atoms with Gasteiger partial charge in [-0.05, 0) is 42.8 Å². The fourth-order valence-electron chi connectivity index (χ4n) is 3.83. The van der Waals surface area contributed by atoms with Crippen molar-refractivity contribution in [3.8, 4) is 0 Å². The fourth-order valence-corrected chi connectivity index (χ4v) is 4.21. The number of nitrogens with one attached hydrogen (secondary N) is 2. The lowest BCUT2D eigenvalue weighted by atomic mass is 9.99. The van der Waals surface area contributed by atoms with E-state index in [9.17, 15) is 0 Å². The number of hydrazone groups is 1. The molecule has 3 aliphatic heterocycles. The summed E-state index contributed by atoms with van der Waals surface area (Å²) in [5.74, 6) is 2.66. The lowest BCUT2D eigenvalue weighted by Gasteiger charge is -2.37. The van der Waals surface area contributed by atoms with Crippen molar-refractivity contribution in [3.05, 3.63) is 45.5 Å². The zero-order valence-corrected chi connectivity index (χ0v) is 17.2. The summed E-state index contributed by atoms with van der Waals surface area (Å²) in [6.07, 6.45) is 1.48. The van der Waals surface area contributed by atoms with Gasteiger partial charge < -0.3 is 9.84 Å². The molecule has 10 heteroatoms. The van der Waals surface area contributed by atoms with Gasteiger partial charge in [0, 0.05) is 36.0 Å². The van der Waals surface area contributed by atoms with Gasteiger partial charge >= 0.3 is 0 Å². The first-order valence-electron chi connectivity index (χ1n) is 9.74. The van der Waals surface area contributed by atoms with Crippen LogP contribution < -0.4 is 10.7 Å². The molecule has 2 N–H and O–H groups in total. The van der Waals surface area contributed by atoms with E-state index in [0.29, 0.717) is 41.4 Å². The molecule has 0 aliphatic carbocycles. The second kappa shape index (κ2) is 8.02. The van der Waals surface area contributed by atoms with Crippen molar-refractivity contribution in [2.45, 2.75) is 25.4 Å². The average Bonchev–Trinajstić information content (AvgIpc) is 3.16. The molecule has 0 bridgehead atoms. The van der Waals surface area contributed by atoms with E-state index in [2.05, 4.69) is 35.9 Å². The van der Waals surface area contributed by atoms with Crippen LogP contribution in [-0.2, 0) is 13.0 Å². The van der Waals surface area contributed by atoms with E-state index in [1.165, 1.54) is 0 Å². The number of aromatic nitrogens is 2. The normalized spacial score (nSPS) is 22.3. The summed E-state index contributed by atoms with van der Waals surface area (Å²) >= 11 is 12.5. The highest BCUT2D eigenvalue weighted by atomic mass is 35.5. The van der Waals surface area contributed by atoms with Gasteiger partial charge in [-0.15, -0.1) is 0 Å². The van der Waals surface area contributed by atoms with E-state index >= 15 is 0 Å². The van der Waals surface area contributed by atoms with Crippen molar-refractivity contribution >= 4 is 34.7 Å². The van der Waals surface area contributed by atoms with Gasteiger partial charge in [-0.1, -0.05) is 28.4 Å². The number of benzene rings is 1. The molecule has 0 spiro atoms. The molecule has 8 nitrogen and oxygen atoms in total. The standard InChI is InChI=1S/C19H21Cl2N7O/c20-13-1-2-14(21)12(6-13)10-28-4-3-23-18-16(28)7-15(25-26-18)19-24-17(27-29-19)5-11-8-22-9-11/h1-2,6,11,16,22H,3-5,7-10H2,(H,23,26). The molecule has 1 fully saturated rings. The number of amidine groups is 1. The van der Waals surface area contributed by atoms with Crippen molar-refractivity contribution in [3.63, 3.8) is 0 Å². The molecule has 2 aromatic rings. The van der Waals surface area contributed by atoms with Crippen molar-refractivity contribution < 1.29 is 4.52 Å². The van der Waals surface area contributed by atoms with Gasteiger partial charge in [0.1, 0.15) is 11.5 Å². The molecular weight excluding hydrogens is 413 g/mol. The topological polar surface area (TPSA) is 90.9 Å². The second-order valence-corrected chi connectivity index (χ2v) is 8.45. The highest BCUT2D eigenvalue weighted by Gasteiger charge is 2.34. The molecule has 3 aliphatic rings. The molecule has 4 heterocycles. The predicted octanol–water partition coefficient (Wildman–Crippen LogP) is 2.12. The SMILES string of the molecule is Clc1ccc(Cl)c(CN2CCN=C3NN=C(c4nc(CC5CNC5)no4)CC32)c1. The Morgan fingerprint density at radius 3 is 2.97 bits per heavy atom. The van der Waals surface area contributed by atoms with Crippen molar-refractivity contribution in [1.29, 1.82) is 0 Å². The van der Waals surface area contributed by atoms with Crippen LogP contribution in [0.4, 0.5) is 0 Å². The van der Waals surface area contributed by atoms with Gasteiger partial charge in [0.2, 0.25) is 0 Å². The van der Waals surface area contributed by atoms with E-state index in [-0.39, 0.29) is 6.04 Å². The third kappa shape index (κ3) is 4.02. The van der Waals surface area contributed by atoms with Gasteiger partial charge in [-0.25, -0.2) is 0 Å². The number of hydrogen-bond acceptors (Lipinski definition) is 8. The highest BCUT2D eigenvalue weighted by Crippen LogP contribution is 2.26. The van der Waals surface area contributed by atoms with Crippen LogP contribution in [0.3, 0.4) is 0 Å². The number of fused-ring (bicyclic) bond motifs is 1. The summed E-state index contributed by atoms with van der Waals surface area (Å²) in [7, 11) is 0. The number of rotatable bonds is 5. The first kappa shape index (κ1) is 19.0. The van der Waals surface area contributed by atoms with Crippen LogP contribution in [0.1, 0.15) is 23.7 Å². The molecular formula is C19H21Cl2N7O. The molecule has 1 atom stereocenters. The van der Waals surface area contributed by atoms with Crippen LogP contribution in [-0.4, -0.2) is 58.8 Å². The number of halogens is 2. The first-order valence-corrected chi connectivity index (χ1v) is 10.5. The minimum Gasteiger partial charge on any atom is -0.333 e. The van der Waals surface area contributed by atoms with Gasteiger partial charge in [0.15, 0.2) is 5.82 Å². The number of aliphatic imine (C=N–C) groups is 1. The average molecular weight is 434 g/mol. The Morgan fingerprint density at radius 1 is 1.24 bits per heavy atom. The van der Waals surface area contributed by atoms with Crippen LogP contribution >= 0.6 is 23.2 Å². The van der Waals surface area contributed by atoms with E-state index in [0.717, 1.165) is 49.0 Å². The minimum absolute atomic E-state index is 0.0532. The zero-order valence-electron chi connectivity index (χ0n) is 15.7. The van der Waals surface area contributed by atoms with E-state index in [4.69, 9.17) is 27.7 Å². The Hall–Kier alpha value is -2.00. The minimum atomic E-state index is 0.0532. The highest BCUT2D eigenvalue weighted by molar-refractivity contribution is 6.33. The second-order valence-electron chi connectivity index (χ2n) is 7.61. The lowest BCUT2D eigenvalue weighted by molar-refractivity contribution is 0.226. The molecule has 1 saturated heterocycles. The fraction of sp³-hybridized carbons (Fsp3) is 0.474. The summed E-state index contributed by atoms with van der Waals surface area (Å²) in [6.45, 7) is 4.24. The van der Waals surface area contributed by atoms with Crippen molar-refractivity contribution in [2.24, 2.45) is 16.0 Å². The van der Waals surface area contributed by atoms with E-state index in [1.54, 1.807) is 6.07 Å². The molecule has 0 radical (unpaired) electrons. The summed E-state index contributed by atoms with van der Waals surface area (Å²) in [4.78, 5) is 11.5. The molecule has 0 saturated carbocycles. The maximum atomic E-state index is 6.38. The molecule has 5 rings (SSSR count). The molecule has 1 unspecified atom stereocenters. The Labute approximate surface area is 178 Å². The molecule has 0 amide bonds. The monoisotopic (exact) mass is 433 g/mol. The van der Waals surface area contributed by atoms with Gasteiger partial charge in [-0.2, -0.15) is 10.1 Å². The molecule has 1 aromatic carbocycles. The Balaban J connectivity index is 1.32.